The molecular formula is C12H29N. The molecule has 82 valence electrons. The first-order chi connectivity index (χ1) is 6.30. The Morgan fingerprint density at radius 1 is 1.08 bits per heavy atom. The lowest BCUT2D eigenvalue weighted by molar-refractivity contribution is 0.296. The van der Waals surface area contributed by atoms with Crippen LogP contribution < -0.4 is 5.32 Å². The van der Waals surface area contributed by atoms with Crippen LogP contribution in [-0.4, -0.2) is 13.1 Å². The maximum Gasteiger partial charge on any atom is -0.00181 e. The standard InChI is InChI=1S/C8H17N.2C2H6/c1-7(2)8-4-3-5-9-6-8;2*1-2/h7-9H,3-6H2,1-2H3;2*1-2H3. The van der Waals surface area contributed by atoms with Gasteiger partial charge in [-0.3, -0.25) is 0 Å². The van der Waals surface area contributed by atoms with E-state index >= 15 is 0 Å². The first-order valence-corrected chi connectivity index (χ1v) is 6.01. The Bertz CT molecular complexity index is 73.2. The predicted octanol–water partition coefficient (Wildman–Crippen LogP) is 3.69. The smallest absolute Gasteiger partial charge is 0.00181 e. The summed E-state index contributed by atoms with van der Waals surface area (Å²) in [6.07, 6.45) is 2.81. The van der Waals surface area contributed by atoms with Crippen molar-refractivity contribution in [3.63, 3.8) is 0 Å². The van der Waals surface area contributed by atoms with Crippen LogP contribution in [0.3, 0.4) is 0 Å². The van der Waals surface area contributed by atoms with E-state index in [0.29, 0.717) is 0 Å². The molecule has 13 heavy (non-hydrogen) atoms. The first kappa shape index (κ1) is 15.4. The topological polar surface area (TPSA) is 12.0 Å². The number of hydrogen-bond donors (Lipinski definition) is 1. The molecule has 1 atom stereocenters. The summed E-state index contributed by atoms with van der Waals surface area (Å²) in [6.45, 7) is 15.1. The molecule has 1 aliphatic heterocycles. The van der Waals surface area contributed by atoms with Gasteiger partial charge in [-0.25, -0.2) is 0 Å². The van der Waals surface area contributed by atoms with Gasteiger partial charge in [0.05, 0.1) is 0 Å². The fraction of sp³-hybridized carbons (Fsp3) is 1.00. The van der Waals surface area contributed by atoms with Crippen LogP contribution in [0, 0.1) is 11.8 Å². The number of nitrogens with one attached hydrogen (secondary N) is 1. The normalized spacial score (nSPS) is 21.0. The molecule has 0 bridgehead atoms. The van der Waals surface area contributed by atoms with Crippen molar-refractivity contribution < 1.29 is 0 Å². The summed E-state index contributed by atoms with van der Waals surface area (Å²) in [7, 11) is 0. The van der Waals surface area contributed by atoms with Gasteiger partial charge in [0, 0.05) is 0 Å². The molecule has 1 unspecified atom stereocenters. The molecular weight excluding hydrogens is 158 g/mol. The minimum absolute atomic E-state index is 0.873. The van der Waals surface area contributed by atoms with Gasteiger partial charge in [0.15, 0.2) is 0 Å². The van der Waals surface area contributed by atoms with Gasteiger partial charge in [-0.05, 0) is 37.8 Å². The highest BCUT2D eigenvalue weighted by Gasteiger charge is 2.15. The molecule has 0 aromatic carbocycles. The van der Waals surface area contributed by atoms with Gasteiger partial charge in [-0.2, -0.15) is 0 Å². The Balaban J connectivity index is 0. The summed E-state index contributed by atoms with van der Waals surface area (Å²) in [5.41, 5.74) is 0. The van der Waals surface area contributed by atoms with Crippen molar-refractivity contribution in [2.24, 2.45) is 11.8 Å². The van der Waals surface area contributed by atoms with Crippen molar-refractivity contribution in [3.05, 3.63) is 0 Å². The van der Waals surface area contributed by atoms with Crippen molar-refractivity contribution in [1.29, 1.82) is 0 Å². The highest BCUT2D eigenvalue weighted by atomic mass is 14.9. The highest BCUT2D eigenvalue weighted by molar-refractivity contribution is 4.70. The Morgan fingerprint density at radius 3 is 1.85 bits per heavy atom. The quantitative estimate of drug-likeness (QED) is 0.660. The van der Waals surface area contributed by atoms with Crippen LogP contribution in [0.4, 0.5) is 0 Å². The van der Waals surface area contributed by atoms with E-state index in [1.807, 2.05) is 27.7 Å². The molecule has 0 aromatic rings. The van der Waals surface area contributed by atoms with Crippen molar-refractivity contribution in [1.82, 2.24) is 5.32 Å². The van der Waals surface area contributed by atoms with Crippen molar-refractivity contribution in [2.75, 3.05) is 13.1 Å². The van der Waals surface area contributed by atoms with E-state index in [9.17, 15) is 0 Å². The van der Waals surface area contributed by atoms with Gasteiger partial charge in [-0.1, -0.05) is 41.5 Å². The predicted molar refractivity (Wildman–Crippen MR) is 63.1 cm³/mol. The van der Waals surface area contributed by atoms with E-state index in [0.717, 1.165) is 11.8 Å². The fourth-order valence-electron chi connectivity index (χ4n) is 1.45. The molecule has 0 aromatic heterocycles. The van der Waals surface area contributed by atoms with Gasteiger partial charge in [0.2, 0.25) is 0 Å². The zero-order valence-corrected chi connectivity index (χ0v) is 10.5. The van der Waals surface area contributed by atoms with E-state index in [1.54, 1.807) is 0 Å². The van der Waals surface area contributed by atoms with E-state index in [2.05, 4.69) is 19.2 Å². The molecule has 0 aliphatic carbocycles. The van der Waals surface area contributed by atoms with Crippen LogP contribution in [0.1, 0.15) is 54.4 Å². The largest absolute Gasteiger partial charge is 0.316 e. The average Bonchev–Trinajstić information content (AvgIpc) is 2.25. The zero-order chi connectivity index (χ0) is 10.7. The molecule has 1 saturated heterocycles. The summed E-state index contributed by atoms with van der Waals surface area (Å²) in [5.74, 6) is 1.82. The van der Waals surface area contributed by atoms with Crippen LogP contribution in [0.15, 0.2) is 0 Å². The third-order valence-corrected chi connectivity index (χ3v) is 2.28. The molecule has 0 spiro atoms. The van der Waals surface area contributed by atoms with Crippen LogP contribution in [-0.2, 0) is 0 Å². The Labute approximate surface area is 85.3 Å². The Kier molecular flexibility index (Phi) is 14.2. The van der Waals surface area contributed by atoms with Gasteiger partial charge in [0.25, 0.3) is 0 Å². The monoisotopic (exact) mass is 187 g/mol. The molecule has 0 amide bonds. The number of piperidine rings is 1. The van der Waals surface area contributed by atoms with Crippen LogP contribution in [0.5, 0.6) is 0 Å². The van der Waals surface area contributed by atoms with Crippen LogP contribution >= 0.6 is 0 Å². The maximum absolute atomic E-state index is 3.42. The second kappa shape index (κ2) is 12.0. The zero-order valence-electron chi connectivity index (χ0n) is 10.5. The van der Waals surface area contributed by atoms with Gasteiger partial charge < -0.3 is 5.32 Å². The molecule has 1 aliphatic rings. The molecule has 1 nitrogen and oxygen atoms in total. The van der Waals surface area contributed by atoms with E-state index < -0.39 is 0 Å². The van der Waals surface area contributed by atoms with E-state index in [1.165, 1.54) is 25.9 Å². The molecule has 0 saturated carbocycles. The van der Waals surface area contributed by atoms with Crippen molar-refractivity contribution in [2.45, 2.75) is 54.4 Å². The molecule has 1 rings (SSSR count). The third-order valence-electron chi connectivity index (χ3n) is 2.28. The molecule has 1 heterocycles. The fourth-order valence-corrected chi connectivity index (χ4v) is 1.45. The third kappa shape index (κ3) is 8.29. The maximum atomic E-state index is 3.42. The first-order valence-electron chi connectivity index (χ1n) is 6.01. The molecule has 1 heteroatoms. The van der Waals surface area contributed by atoms with Gasteiger partial charge in [0.1, 0.15) is 0 Å². The Hall–Kier alpha value is -0.0400. The summed E-state index contributed by atoms with van der Waals surface area (Å²) in [5, 5.41) is 3.42. The van der Waals surface area contributed by atoms with Crippen molar-refractivity contribution in [3.8, 4) is 0 Å². The highest BCUT2D eigenvalue weighted by Crippen LogP contribution is 2.18. The lowest BCUT2D eigenvalue weighted by Gasteiger charge is -2.25. The summed E-state index contributed by atoms with van der Waals surface area (Å²) in [6, 6.07) is 0. The number of rotatable bonds is 1. The second-order valence-corrected chi connectivity index (χ2v) is 3.35. The lowest BCUT2D eigenvalue weighted by Crippen LogP contribution is -2.32. The van der Waals surface area contributed by atoms with Gasteiger partial charge in [-0.15, -0.1) is 0 Å². The van der Waals surface area contributed by atoms with E-state index in [4.69, 9.17) is 0 Å². The SMILES string of the molecule is CC.CC.CC(C)C1CCCNC1. The van der Waals surface area contributed by atoms with Crippen LogP contribution in [0.2, 0.25) is 0 Å². The summed E-state index contributed by atoms with van der Waals surface area (Å²) in [4.78, 5) is 0. The van der Waals surface area contributed by atoms with Crippen molar-refractivity contribution >= 4 is 0 Å². The average molecular weight is 187 g/mol. The molecule has 1 N–H and O–H groups in total. The minimum atomic E-state index is 0.873. The van der Waals surface area contributed by atoms with Gasteiger partial charge >= 0.3 is 0 Å². The summed E-state index contributed by atoms with van der Waals surface area (Å²) >= 11 is 0. The second-order valence-electron chi connectivity index (χ2n) is 3.35. The molecule has 0 radical (unpaired) electrons. The van der Waals surface area contributed by atoms with E-state index in [-0.39, 0.29) is 0 Å². The van der Waals surface area contributed by atoms with Crippen LogP contribution in [0.25, 0.3) is 0 Å². The minimum Gasteiger partial charge on any atom is -0.316 e. The Morgan fingerprint density at radius 2 is 1.62 bits per heavy atom. The number of hydrogen-bond acceptors (Lipinski definition) is 1. The lowest BCUT2D eigenvalue weighted by atomic mass is 9.89. The molecule has 1 fully saturated rings. The summed E-state index contributed by atoms with van der Waals surface area (Å²) < 4.78 is 0.